The third-order valence-electron chi connectivity index (χ3n) is 2.73. The van der Waals surface area contributed by atoms with E-state index in [2.05, 4.69) is 5.32 Å². The zero-order chi connectivity index (χ0) is 10.7. The molecule has 1 aliphatic heterocycles. The number of ether oxygens (including phenoxy) is 1. The molecule has 1 amide bonds. The third-order valence-corrected chi connectivity index (χ3v) is 2.73. The molecule has 5 heteroatoms. The maximum Gasteiger partial charge on any atom is 0.248 e. The molecule has 1 saturated heterocycles. The van der Waals surface area contributed by atoms with E-state index in [4.69, 9.17) is 4.74 Å². The van der Waals surface area contributed by atoms with Gasteiger partial charge in [0.15, 0.2) is 0 Å². The Bertz CT molecular complexity index is 231. The SMILES string of the molecule is O=C1COCCN1CC(O)CNC1CC1. The summed E-state index contributed by atoms with van der Waals surface area (Å²) in [6, 6.07) is 0.597. The van der Waals surface area contributed by atoms with Gasteiger partial charge in [-0.3, -0.25) is 4.79 Å². The quantitative estimate of drug-likeness (QED) is 0.613. The molecule has 1 saturated carbocycles. The van der Waals surface area contributed by atoms with Crippen LogP contribution >= 0.6 is 0 Å². The fourth-order valence-corrected chi connectivity index (χ4v) is 1.65. The van der Waals surface area contributed by atoms with E-state index in [0.717, 1.165) is 0 Å². The molecule has 2 N–H and O–H groups in total. The van der Waals surface area contributed by atoms with Crippen molar-refractivity contribution in [2.45, 2.75) is 25.0 Å². The molecule has 1 unspecified atom stereocenters. The number of carbonyl (C=O) groups is 1. The van der Waals surface area contributed by atoms with Crippen molar-refractivity contribution in [3.8, 4) is 0 Å². The van der Waals surface area contributed by atoms with E-state index in [1.54, 1.807) is 4.90 Å². The lowest BCUT2D eigenvalue weighted by molar-refractivity contribution is -0.144. The highest BCUT2D eigenvalue weighted by Gasteiger charge is 2.24. The lowest BCUT2D eigenvalue weighted by Crippen LogP contribution is -2.47. The Hall–Kier alpha value is -0.650. The van der Waals surface area contributed by atoms with Gasteiger partial charge in [0.05, 0.1) is 12.7 Å². The second kappa shape index (κ2) is 4.92. The Labute approximate surface area is 89.4 Å². The Morgan fingerprint density at radius 1 is 1.60 bits per heavy atom. The van der Waals surface area contributed by atoms with E-state index in [1.165, 1.54) is 12.8 Å². The van der Waals surface area contributed by atoms with Gasteiger partial charge < -0.3 is 20.1 Å². The van der Waals surface area contributed by atoms with Gasteiger partial charge in [0.1, 0.15) is 6.61 Å². The molecule has 0 bridgehead atoms. The predicted octanol–water partition coefficient (Wildman–Crippen LogP) is -1.04. The van der Waals surface area contributed by atoms with Gasteiger partial charge in [-0.05, 0) is 12.8 Å². The second-order valence-electron chi connectivity index (χ2n) is 4.23. The van der Waals surface area contributed by atoms with Crippen molar-refractivity contribution in [2.75, 3.05) is 32.8 Å². The molecule has 0 aromatic rings. The monoisotopic (exact) mass is 214 g/mol. The highest BCUT2D eigenvalue weighted by atomic mass is 16.5. The van der Waals surface area contributed by atoms with Gasteiger partial charge in [-0.1, -0.05) is 0 Å². The number of β-amino-alcohol motifs (C(OH)–C–C–N with tert-alkyl or cyclic N) is 1. The number of hydrogen-bond acceptors (Lipinski definition) is 4. The van der Waals surface area contributed by atoms with Crippen molar-refractivity contribution >= 4 is 5.91 Å². The van der Waals surface area contributed by atoms with Crippen molar-refractivity contribution in [3.63, 3.8) is 0 Å². The van der Waals surface area contributed by atoms with E-state index >= 15 is 0 Å². The molecule has 15 heavy (non-hydrogen) atoms. The highest BCUT2D eigenvalue weighted by molar-refractivity contribution is 5.78. The zero-order valence-electron chi connectivity index (χ0n) is 8.82. The standard InChI is InChI=1S/C10H18N2O3/c13-9(5-11-8-1-2-8)6-12-3-4-15-7-10(12)14/h8-9,11,13H,1-7H2. The van der Waals surface area contributed by atoms with Crippen LogP contribution in [0.2, 0.25) is 0 Å². The molecule has 0 spiro atoms. The molecule has 1 heterocycles. The zero-order valence-corrected chi connectivity index (χ0v) is 8.82. The molecule has 0 radical (unpaired) electrons. The number of amides is 1. The number of rotatable bonds is 5. The second-order valence-corrected chi connectivity index (χ2v) is 4.23. The summed E-state index contributed by atoms with van der Waals surface area (Å²) >= 11 is 0. The summed E-state index contributed by atoms with van der Waals surface area (Å²) in [5, 5.41) is 12.9. The number of aliphatic hydroxyl groups is 1. The van der Waals surface area contributed by atoms with Crippen LogP contribution in [-0.4, -0.2) is 60.9 Å². The topological polar surface area (TPSA) is 61.8 Å². The summed E-state index contributed by atoms with van der Waals surface area (Å²) in [5.41, 5.74) is 0. The molecule has 1 aliphatic carbocycles. The first-order valence-corrected chi connectivity index (χ1v) is 5.52. The predicted molar refractivity (Wildman–Crippen MR) is 54.4 cm³/mol. The molecule has 5 nitrogen and oxygen atoms in total. The third kappa shape index (κ3) is 3.44. The van der Waals surface area contributed by atoms with E-state index in [-0.39, 0.29) is 12.5 Å². The minimum absolute atomic E-state index is 0.0216. The average molecular weight is 214 g/mol. The van der Waals surface area contributed by atoms with Gasteiger partial charge >= 0.3 is 0 Å². The number of morpholine rings is 1. The molecular weight excluding hydrogens is 196 g/mol. The molecule has 2 fully saturated rings. The van der Waals surface area contributed by atoms with Crippen LogP contribution in [0, 0.1) is 0 Å². The maximum absolute atomic E-state index is 11.3. The van der Waals surface area contributed by atoms with Crippen molar-refractivity contribution in [3.05, 3.63) is 0 Å². The number of aliphatic hydroxyl groups excluding tert-OH is 1. The first kappa shape index (κ1) is 10.9. The fraction of sp³-hybridized carbons (Fsp3) is 0.900. The number of nitrogens with zero attached hydrogens (tertiary/aromatic N) is 1. The van der Waals surface area contributed by atoms with Gasteiger partial charge in [-0.15, -0.1) is 0 Å². The van der Waals surface area contributed by atoms with Crippen LogP contribution in [0.1, 0.15) is 12.8 Å². The fourth-order valence-electron chi connectivity index (χ4n) is 1.65. The van der Waals surface area contributed by atoms with Crippen molar-refractivity contribution in [1.82, 2.24) is 10.2 Å². The summed E-state index contributed by atoms with van der Waals surface area (Å²) in [7, 11) is 0. The van der Waals surface area contributed by atoms with Crippen molar-refractivity contribution < 1.29 is 14.6 Å². The van der Waals surface area contributed by atoms with Gasteiger partial charge in [0.25, 0.3) is 0 Å². The summed E-state index contributed by atoms with van der Waals surface area (Å²) in [5.74, 6) is -0.0216. The van der Waals surface area contributed by atoms with Crippen molar-refractivity contribution in [1.29, 1.82) is 0 Å². The molecule has 1 atom stereocenters. The molecule has 2 rings (SSSR count). The molecular formula is C10H18N2O3. The van der Waals surface area contributed by atoms with Crippen molar-refractivity contribution in [2.24, 2.45) is 0 Å². The number of nitrogens with one attached hydrogen (secondary N) is 1. The lowest BCUT2D eigenvalue weighted by atomic mass is 10.3. The van der Waals surface area contributed by atoms with Gasteiger partial charge in [-0.25, -0.2) is 0 Å². The Morgan fingerprint density at radius 2 is 2.40 bits per heavy atom. The normalized spacial score (nSPS) is 24.3. The van der Waals surface area contributed by atoms with E-state index < -0.39 is 6.10 Å². The molecule has 0 aromatic heterocycles. The summed E-state index contributed by atoms with van der Waals surface area (Å²) < 4.78 is 5.01. The summed E-state index contributed by atoms with van der Waals surface area (Å²) in [6.45, 7) is 2.33. The van der Waals surface area contributed by atoms with Crippen LogP contribution in [-0.2, 0) is 9.53 Å². The number of hydrogen-bond donors (Lipinski definition) is 2. The Balaban J connectivity index is 1.66. The Morgan fingerprint density at radius 3 is 3.07 bits per heavy atom. The van der Waals surface area contributed by atoms with Crippen LogP contribution in [0.4, 0.5) is 0 Å². The van der Waals surface area contributed by atoms with E-state index in [9.17, 15) is 9.90 Å². The van der Waals surface area contributed by atoms with Crippen LogP contribution in [0.5, 0.6) is 0 Å². The minimum Gasteiger partial charge on any atom is -0.390 e. The van der Waals surface area contributed by atoms with Gasteiger partial charge in [0, 0.05) is 25.7 Å². The van der Waals surface area contributed by atoms with Crippen LogP contribution in [0.25, 0.3) is 0 Å². The highest BCUT2D eigenvalue weighted by Crippen LogP contribution is 2.18. The van der Waals surface area contributed by atoms with Gasteiger partial charge in [-0.2, -0.15) is 0 Å². The first-order valence-electron chi connectivity index (χ1n) is 5.52. The molecule has 0 aromatic carbocycles. The van der Waals surface area contributed by atoms with Crippen LogP contribution in [0.15, 0.2) is 0 Å². The smallest absolute Gasteiger partial charge is 0.248 e. The minimum atomic E-state index is -0.465. The molecule has 86 valence electrons. The first-order chi connectivity index (χ1) is 7.25. The maximum atomic E-state index is 11.3. The van der Waals surface area contributed by atoms with E-state index in [0.29, 0.717) is 32.3 Å². The lowest BCUT2D eigenvalue weighted by Gasteiger charge is -2.28. The Kier molecular flexibility index (Phi) is 3.56. The summed E-state index contributed by atoms with van der Waals surface area (Å²) in [6.07, 6.45) is 1.96. The van der Waals surface area contributed by atoms with Crippen LogP contribution < -0.4 is 5.32 Å². The molecule has 2 aliphatic rings. The van der Waals surface area contributed by atoms with Gasteiger partial charge in [0.2, 0.25) is 5.91 Å². The largest absolute Gasteiger partial charge is 0.390 e. The average Bonchev–Trinajstić information content (AvgIpc) is 3.02. The van der Waals surface area contributed by atoms with Crippen LogP contribution in [0.3, 0.4) is 0 Å². The number of carbonyl (C=O) groups excluding carboxylic acids is 1. The van der Waals surface area contributed by atoms with E-state index in [1.807, 2.05) is 0 Å². The summed E-state index contributed by atoms with van der Waals surface area (Å²) in [4.78, 5) is 13.0.